The fraction of sp³-hybridized carbons (Fsp3) is 0.450. The Morgan fingerprint density at radius 1 is 1.25 bits per heavy atom. The van der Waals surface area contributed by atoms with Crippen LogP contribution in [0.1, 0.15) is 61.3 Å². The van der Waals surface area contributed by atoms with E-state index in [1.807, 2.05) is 32.2 Å². The highest BCUT2D eigenvalue weighted by Crippen LogP contribution is 2.35. The van der Waals surface area contributed by atoms with E-state index in [4.69, 9.17) is 0 Å². The summed E-state index contributed by atoms with van der Waals surface area (Å²) < 4.78 is 41.8. The maximum absolute atomic E-state index is 13.6. The van der Waals surface area contributed by atoms with Gasteiger partial charge in [0.05, 0.1) is 11.7 Å². The molecule has 4 rings (SSSR count). The maximum Gasteiger partial charge on any atom is 0.433 e. The normalized spacial score (nSPS) is 18.4. The van der Waals surface area contributed by atoms with Crippen LogP contribution in [0, 0.1) is 0 Å². The topological polar surface area (TPSA) is 46.3 Å². The number of halogens is 3. The Kier molecular flexibility index (Phi) is 4.82. The van der Waals surface area contributed by atoms with E-state index in [0.717, 1.165) is 35.5 Å². The van der Waals surface area contributed by atoms with Crippen LogP contribution in [0.3, 0.4) is 0 Å². The predicted molar refractivity (Wildman–Crippen MR) is 98.7 cm³/mol. The molecule has 0 bridgehead atoms. The molecule has 8 heteroatoms. The summed E-state index contributed by atoms with van der Waals surface area (Å²) in [5.74, 6) is -0.0991. The van der Waals surface area contributed by atoms with Gasteiger partial charge in [-0.05, 0) is 43.0 Å². The van der Waals surface area contributed by atoms with E-state index < -0.39 is 11.9 Å². The van der Waals surface area contributed by atoms with Crippen LogP contribution in [-0.2, 0) is 12.7 Å². The summed E-state index contributed by atoms with van der Waals surface area (Å²) in [5.41, 5.74) is 1.62. The zero-order valence-corrected chi connectivity index (χ0v) is 15.8. The lowest BCUT2D eigenvalue weighted by atomic mass is 10.1. The Morgan fingerprint density at radius 3 is 2.75 bits per heavy atom. The number of aromatic nitrogens is 4. The maximum atomic E-state index is 13.6. The molecule has 148 valence electrons. The van der Waals surface area contributed by atoms with Gasteiger partial charge in [-0.15, -0.1) is 0 Å². The smallest absolute Gasteiger partial charge is 0.290 e. The van der Waals surface area contributed by atoms with Crippen LogP contribution in [0.2, 0.25) is 0 Å². The second-order valence-electron chi connectivity index (χ2n) is 7.55. The molecular formula is C20H22F3N5. The van der Waals surface area contributed by atoms with E-state index in [1.54, 1.807) is 12.3 Å². The molecular weight excluding hydrogens is 367 g/mol. The van der Waals surface area contributed by atoms with Gasteiger partial charge in [-0.2, -0.15) is 18.3 Å². The van der Waals surface area contributed by atoms with Crippen molar-refractivity contribution in [2.45, 2.75) is 51.4 Å². The van der Waals surface area contributed by atoms with Crippen LogP contribution in [0.25, 0.3) is 5.65 Å². The Balaban J connectivity index is 1.72. The first-order valence-corrected chi connectivity index (χ1v) is 9.43. The molecule has 0 saturated carbocycles. The van der Waals surface area contributed by atoms with Crippen LogP contribution in [-0.4, -0.2) is 31.0 Å². The molecule has 1 fully saturated rings. The first kappa shape index (κ1) is 18.9. The third-order valence-electron chi connectivity index (χ3n) is 5.16. The SMILES string of the molecule is CC(C)c1cc(C(F)(F)F)n2nc([C@H]3CCCN3Cc3cccnc3)cc2n1. The fourth-order valence-corrected chi connectivity index (χ4v) is 3.75. The second-order valence-corrected chi connectivity index (χ2v) is 7.55. The lowest BCUT2D eigenvalue weighted by Crippen LogP contribution is -2.23. The van der Waals surface area contributed by atoms with Crippen LogP contribution >= 0.6 is 0 Å². The molecule has 1 aliphatic heterocycles. The summed E-state index contributed by atoms with van der Waals surface area (Å²) in [6.07, 6.45) is 0.901. The zero-order chi connectivity index (χ0) is 19.9. The summed E-state index contributed by atoms with van der Waals surface area (Å²) in [7, 11) is 0. The lowest BCUT2D eigenvalue weighted by Gasteiger charge is -2.22. The van der Waals surface area contributed by atoms with Gasteiger partial charge in [0.15, 0.2) is 5.65 Å². The average molecular weight is 389 g/mol. The molecule has 0 radical (unpaired) electrons. The number of pyridine rings is 1. The quantitative estimate of drug-likeness (QED) is 0.654. The first-order valence-electron chi connectivity index (χ1n) is 9.43. The molecule has 0 spiro atoms. The minimum absolute atomic E-state index is 0.0227. The van der Waals surface area contributed by atoms with Crippen LogP contribution in [0.4, 0.5) is 13.2 Å². The largest absolute Gasteiger partial charge is 0.433 e. The van der Waals surface area contributed by atoms with Crippen molar-refractivity contribution < 1.29 is 13.2 Å². The van der Waals surface area contributed by atoms with Crippen molar-refractivity contribution in [1.29, 1.82) is 0 Å². The molecule has 1 saturated heterocycles. The van der Waals surface area contributed by atoms with Crippen molar-refractivity contribution in [3.05, 3.63) is 59.3 Å². The Morgan fingerprint density at radius 2 is 2.07 bits per heavy atom. The third-order valence-corrected chi connectivity index (χ3v) is 5.16. The number of alkyl halides is 3. The molecule has 0 aromatic carbocycles. The molecule has 3 aromatic rings. The molecule has 0 N–H and O–H groups in total. The van der Waals surface area contributed by atoms with E-state index in [-0.39, 0.29) is 17.6 Å². The van der Waals surface area contributed by atoms with Crippen molar-refractivity contribution in [1.82, 2.24) is 24.5 Å². The number of fused-ring (bicyclic) bond motifs is 1. The number of likely N-dealkylation sites (tertiary alicyclic amines) is 1. The molecule has 0 unspecified atom stereocenters. The van der Waals surface area contributed by atoms with Gasteiger partial charge in [0.25, 0.3) is 0 Å². The highest BCUT2D eigenvalue weighted by atomic mass is 19.4. The van der Waals surface area contributed by atoms with Gasteiger partial charge >= 0.3 is 6.18 Å². The van der Waals surface area contributed by atoms with Crippen LogP contribution in [0.15, 0.2) is 36.7 Å². The summed E-state index contributed by atoms with van der Waals surface area (Å²) in [5, 5.41) is 4.33. The highest BCUT2D eigenvalue weighted by molar-refractivity contribution is 5.44. The number of hydrogen-bond donors (Lipinski definition) is 0. The van der Waals surface area contributed by atoms with Gasteiger partial charge in [-0.25, -0.2) is 9.50 Å². The predicted octanol–water partition coefficient (Wildman–Crippen LogP) is 4.60. The summed E-state index contributed by atoms with van der Waals surface area (Å²) in [6.45, 7) is 5.25. The minimum Gasteiger partial charge on any atom is -0.290 e. The summed E-state index contributed by atoms with van der Waals surface area (Å²) in [4.78, 5) is 10.8. The van der Waals surface area contributed by atoms with Crippen LogP contribution in [0.5, 0.6) is 0 Å². The lowest BCUT2D eigenvalue weighted by molar-refractivity contribution is -0.142. The number of nitrogens with zero attached hydrogens (tertiary/aromatic N) is 5. The highest BCUT2D eigenvalue weighted by Gasteiger charge is 2.36. The molecule has 4 heterocycles. The molecule has 3 aromatic heterocycles. The molecule has 1 aliphatic rings. The van der Waals surface area contributed by atoms with E-state index in [2.05, 4.69) is 20.0 Å². The summed E-state index contributed by atoms with van der Waals surface area (Å²) in [6, 6.07) is 6.68. The fourth-order valence-electron chi connectivity index (χ4n) is 3.75. The Hall–Kier alpha value is -2.48. The Labute approximate surface area is 161 Å². The van der Waals surface area contributed by atoms with E-state index in [9.17, 15) is 13.2 Å². The molecule has 5 nitrogen and oxygen atoms in total. The van der Waals surface area contributed by atoms with Gasteiger partial charge in [0, 0.05) is 30.7 Å². The van der Waals surface area contributed by atoms with Crippen molar-refractivity contribution in [2.75, 3.05) is 6.54 Å². The zero-order valence-electron chi connectivity index (χ0n) is 15.8. The molecule has 0 amide bonds. The molecule has 0 aliphatic carbocycles. The van der Waals surface area contributed by atoms with E-state index in [1.165, 1.54) is 0 Å². The van der Waals surface area contributed by atoms with Gasteiger partial charge in [0.1, 0.15) is 5.69 Å². The van der Waals surface area contributed by atoms with E-state index in [0.29, 0.717) is 17.9 Å². The Bertz CT molecular complexity index is 965. The van der Waals surface area contributed by atoms with Crippen LogP contribution < -0.4 is 0 Å². The summed E-state index contributed by atoms with van der Waals surface area (Å²) >= 11 is 0. The van der Waals surface area contributed by atoms with Crippen molar-refractivity contribution in [3.8, 4) is 0 Å². The van der Waals surface area contributed by atoms with E-state index >= 15 is 0 Å². The molecule has 1 atom stereocenters. The van der Waals surface area contributed by atoms with Gasteiger partial charge in [-0.3, -0.25) is 9.88 Å². The monoisotopic (exact) mass is 389 g/mol. The average Bonchev–Trinajstić information content (AvgIpc) is 3.26. The second kappa shape index (κ2) is 7.16. The third kappa shape index (κ3) is 3.61. The van der Waals surface area contributed by atoms with Gasteiger partial charge < -0.3 is 0 Å². The van der Waals surface area contributed by atoms with Gasteiger partial charge in [0.2, 0.25) is 0 Å². The van der Waals surface area contributed by atoms with Crippen molar-refractivity contribution >= 4 is 5.65 Å². The number of rotatable bonds is 4. The number of hydrogen-bond acceptors (Lipinski definition) is 4. The standard InChI is InChI=1S/C20H22F3N5/c1-13(2)15-9-18(20(21,22)23)28-19(25-15)10-16(26-28)17-6-4-8-27(17)12-14-5-3-7-24-11-14/h3,5,7,9-11,13,17H,4,6,8,12H2,1-2H3/t17-/m1/s1. The van der Waals surface area contributed by atoms with Crippen molar-refractivity contribution in [2.24, 2.45) is 0 Å². The van der Waals surface area contributed by atoms with Crippen molar-refractivity contribution in [3.63, 3.8) is 0 Å². The van der Waals surface area contributed by atoms with Gasteiger partial charge in [-0.1, -0.05) is 19.9 Å². The molecule has 28 heavy (non-hydrogen) atoms. The minimum atomic E-state index is -4.49. The first-order chi connectivity index (χ1) is 13.3.